The van der Waals surface area contributed by atoms with Crippen LogP contribution in [0.15, 0.2) is 4.99 Å². The Bertz CT molecular complexity index is 132. The van der Waals surface area contributed by atoms with Crippen LogP contribution < -0.4 is 5.73 Å². The molecule has 0 aliphatic heterocycles. The molecule has 0 aromatic carbocycles. The van der Waals surface area contributed by atoms with Gasteiger partial charge in [-0.3, -0.25) is 4.99 Å². The summed E-state index contributed by atoms with van der Waals surface area (Å²) >= 11 is 0. The number of nitriles is 1. The molecule has 0 aromatic heterocycles. The summed E-state index contributed by atoms with van der Waals surface area (Å²) < 4.78 is 0. The minimum Gasteiger partial charge on any atom is -0.388 e. The summed E-state index contributed by atoms with van der Waals surface area (Å²) in [6, 6.07) is 2.03. The van der Waals surface area contributed by atoms with Gasteiger partial charge in [0.05, 0.1) is 11.9 Å². The number of rotatable bonds is 3. The molecule has 58 valence electrons. The normalized spacial score (nSPS) is 9.80. The molecule has 0 heterocycles. The van der Waals surface area contributed by atoms with E-state index in [0.717, 1.165) is 6.42 Å². The van der Waals surface area contributed by atoms with Gasteiger partial charge < -0.3 is 5.73 Å². The Morgan fingerprint density at radius 2 is 2.30 bits per heavy atom. The van der Waals surface area contributed by atoms with Crippen LogP contribution >= 0.6 is 24.0 Å². The Morgan fingerprint density at radius 1 is 1.70 bits per heavy atom. The second-order valence-corrected chi connectivity index (χ2v) is 1.78. The first-order chi connectivity index (χ1) is 4.27. The van der Waals surface area contributed by atoms with E-state index in [-0.39, 0.29) is 24.0 Å². The fourth-order valence-corrected chi connectivity index (χ4v) is 0.414. The number of halogens is 1. The first-order valence-corrected chi connectivity index (χ1v) is 2.91. The van der Waals surface area contributed by atoms with Crippen molar-refractivity contribution >= 4 is 29.8 Å². The van der Waals surface area contributed by atoms with Crippen LogP contribution in [-0.2, 0) is 0 Å². The molecule has 0 aromatic rings. The standard InChI is InChI=1S/C6H11N3.HI/c1-6(8)9-5-3-2-4-7;/h2-3,5H2,1H3,(H2,8,9);1H. The van der Waals surface area contributed by atoms with Crippen LogP contribution in [0.3, 0.4) is 0 Å². The molecule has 0 rings (SSSR count). The molecule has 0 bridgehead atoms. The van der Waals surface area contributed by atoms with Crippen LogP contribution in [-0.4, -0.2) is 12.4 Å². The van der Waals surface area contributed by atoms with E-state index in [1.807, 2.05) is 6.07 Å². The van der Waals surface area contributed by atoms with Crippen molar-refractivity contribution in [2.45, 2.75) is 19.8 Å². The zero-order valence-electron chi connectivity index (χ0n) is 6.00. The van der Waals surface area contributed by atoms with Crippen molar-refractivity contribution in [1.29, 1.82) is 5.26 Å². The largest absolute Gasteiger partial charge is 0.388 e. The lowest BCUT2D eigenvalue weighted by atomic mass is 10.3. The molecule has 0 unspecified atom stereocenters. The molecule has 0 saturated heterocycles. The van der Waals surface area contributed by atoms with Crippen LogP contribution in [0.2, 0.25) is 0 Å². The van der Waals surface area contributed by atoms with Gasteiger partial charge in [-0.1, -0.05) is 0 Å². The van der Waals surface area contributed by atoms with E-state index < -0.39 is 0 Å². The topological polar surface area (TPSA) is 62.2 Å². The lowest BCUT2D eigenvalue weighted by Crippen LogP contribution is -2.05. The van der Waals surface area contributed by atoms with Crippen LogP contribution in [0, 0.1) is 11.3 Å². The molecule has 0 radical (unpaired) electrons. The zero-order chi connectivity index (χ0) is 7.11. The van der Waals surface area contributed by atoms with Crippen LogP contribution in [0.1, 0.15) is 19.8 Å². The molecule has 0 atom stereocenters. The SMILES string of the molecule is CC(N)=NCCCC#N.I. The van der Waals surface area contributed by atoms with E-state index in [1.165, 1.54) is 0 Å². The maximum Gasteiger partial charge on any atom is 0.0905 e. The van der Waals surface area contributed by atoms with E-state index in [1.54, 1.807) is 6.92 Å². The molecule has 0 aliphatic carbocycles. The van der Waals surface area contributed by atoms with Gasteiger partial charge in [0.15, 0.2) is 0 Å². The van der Waals surface area contributed by atoms with E-state index in [9.17, 15) is 0 Å². The number of hydrogen-bond donors (Lipinski definition) is 1. The van der Waals surface area contributed by atoms with Crippen molar-refractivity contribution < 1.29 is 0 Å². The average Bonchev–Trinajstić information content (AvgIpc) is 1.80. The van der Waals surface area contributed by atoms with E-state index in [2.05, 4.69) is 4.99 Å². The summed E-state index contributed by atoms with van der Waals surface area (Å²) in [6.45, 7) is 2.42. The summed E-state index contributed by atoms with van der Waals surface area (Å²) in [5.74, 6) is 0.591. The van der Waals surface area contributed by atoms with Gasteiger partial charge in [0.1, 0.15) is 0 Å². The van der Waals surface area contributed by atoms with Gasteiger partial charge in [-0.15, -0.1) is 24.0 Å². The Kier molecular flexibility index (Phi) is 10.8. The molecule has 0 saturated carbocycles. The first-order valence-electron chi connectivity index (χ1n) is 2.91. The van der Waals surface area contributed by atoms with E-state index in [0.29, 0.717) is 18.8 Å². The van der Waals surface area contributed by atoms with Crippen LogP contribution in [0.4, 0.5) is 0 Å². The van der Waals surface area contributed by atoms with E-state index in [4.69, 9.17) is 11.0 Å². The van der Waals surface area contributed by atoms with Gasteiger partial charge in [-0.2, -0.15) is 5.26 Å². The number of nitrogens with two attached hydrogens (primary N) is 1. The summed E-state index contributed by atoms with van der Waals surface area (Å²) in [7, 11) is 0. The van der Waals surface area contributed by atoms with Gasteiger partial charge in [0.25, 0.3) is 0 Å². The van der Waals surface area contributed by atoms with Crippen molar-refractivity contribution in [2.24, 2.45) is 10.7 Å². The smallest absolute Gasteiger partial charge is 0.0905 e. The molecular formula is C6H12IN3. The predicted octanol–water partition coefficient (Wildman–Crippen LogP) is 1.29. The highest BCUT2D eigenvalue weighted by atomic mass is 127. The van der Waals surface area contributed by atoms with Gasteiger partial charge >= 0.3 is 0 Å². The molecule has 0 amide bonds. The van der Waals surface area contributed by atoms with Crippen molar-refractivity contribution in [3.8, 4) is 6.07 Å². The third-order valence-corrected chi connectivity index (χ3v) is 0.808. The lowest BCUT2D eigenvalue weighted by molar-refractivity contribution is 0.861. The minimum absolute atomic E-state index is 0. The molecule has 0 spiro atoms. The van der Waals surface area contributed by atoms with Crippen molar-refractivity contribution in [1.82, 2.24) is 0 Å². The summed E-state index contributed by atoms with van der Waals surface area (Å²) in [5, 5.41) is 8.10. The Balaban J connectivity index is 0. The number of amidine groups is 1. The second-order valence-electron chi connectivity index (χ2n) is 1.78. The third kappa shape index (κ3) is 10.6. The maximum atomic E-state index is 8.10. The molecule has 4 heteroatoms. The quantitative estimate of drug-likeness (QED) is 0.356. The van der Waals surface area contributed by atoms with Gasteiger partial charge in [0.2, 0.25) is 0 Å². The van der Waals surface area contributed by atoms with E-state index >= 15 is 0 Å². The average molecular weight is 253 g/mol. The van der Waals surface area contributed by atoms with Crippen molar-refractivity contribution in [3.05, 3.63) is 0 Å². The highest BCUT2D eigenvalue weighted by Gasteiger charge is 1.82. The summed E-state index contributed by atoms with van der Waals surface area (Å²) in [4.78, 5) is 3.91. The third-order valence-electron chi connectivity index (χ3n) is 0.808. The second kappa shape index (κ2) is 8.69. The monoisotopic (exact) mass is 253 g/mol. The fraction of sp³-hybridized carbons (Fsp3) is 0.667. The Labute approximate surface area is 78.3 Å². The van der Waals surface area contributed by atoms with Gasteiger partial charge in [0, 0.05) is 13.0 Å². The number of aliphatic imine (C=N–C) groups is 1. The number of hydrogen-bond acceptors (Lipinski definition) is 2. The molecule has 10 heavy (non-hydrogen) atoms. The molecular weight excluding hydrogens is 241 g/mol. The van der Waals surface area contributed by atoms with Gasteiger partial charge in [-0.05, 0) is 13.3 Å². The Morgan fingerprint density at radius 3 is 2.70 bits per heavy atom. The summed E-state index contributed by atoms with van der Waals surface area (Å²) in [5.41, 5.74) is 5.24. The lowest BCUT2D eigenvalue weighted by Gasteiger charge is -1.88. The molecule has 0 fully saturated rings. The van der Waals surface area contributed by atoms with Crippen molar-refractivity contribution in [3.63, 3.8) is 0 Å². The maximum absolute atomic E-state index is 8.10. The highest BCUT2D eigenvalue weighted by Crippen LogP contribution is 1.85. The molecule has 0 aliphatic rings. The van der Waals surface area contributed by atoms with Gasteiger partial charge in [-0.25, -0.2) is 0 Å². The first kappa shape index (κ1) is 12.4. The number of unbranched alkanes of at least 4 members (excludes halogenated alkanes) is 1. The molecule has 3 nitrogen and oxygen atoms in total. The minimum atomic E-state index is 0. The van der Waals surface area contributed by atoms with Crippen molar-refractivity contribution in [2.75, 3.05) is 6.54 Å². The molecule has 2 N–H and O–H groups in total. The van der Waals surface area contributed by atoms with Crippen LogP contribution in [0.25, 0.3) is 0 Å². The Hall–Kier alpha value is -0.310. The fourth-order valence-electron chi connectivity index (χ4n) is 0.414. The van der Waals surface area contributed by atoms with Crippen LogP contribution in [0.5, 0.6) is 0 Å². The predicted molar refractivity (Wildman–Crippen MR) is 52.4 cm³/mol. The summed E-state index contributed by atoms with van der Waals surface area (Å²) in [6.07, 6.45) is 1.38. The number of nitrogens with zero attached hydrogens (tertiary/aromatic N) is 2. The zero-order valence-corrected chi connectivity index (χ0v) is 8.33. The highest BCUT2D eigenvalue weighted by molar-refractivity contribution is 14.0.